The molecule has 0 amide bonds. The van der Waals surface area contributed by atoms with E-state index in [2.05, 4.69) is 4.74 Å². The van der Waals surface area contributed by atoms with Crippen molar-refractivity contribution in [3.8, 4) is 0 Å². The van der Waals surface area contributed by atoms with Crippen LogP contribution in [-0.2, 0) is 14.3 Å². The molecule has 0 N–H and O–H groups in total. The van der Waals surface area contributed by atoms with Crippen molar-refractivity contribution in [2.75, 3.05) is 20.3 Å². The lowest BCUT2D eigenvalue weighted by molar-refractivity contribution is -0.136. The zero-order valence-electron chi connectivity index (χ0n) is 7.92. The maximum Gasteiger partial charge on any atom is 0.333 e. The second kappa shape index (κ2) is 6.85. The SMILES string of the molecule is CCOCCC=C(C)C(=O)OC. The molecule has 0 aliphatic heterocycles. The van der Waals surface area contributed by atoms with Crippen LogP contribution in [0, 0.1) is 0 Å². The highest BCUT2D eigenvalue weighted by molar-refractivity contribution is 5.87. The number of ether oxygens (including phenoxy) is 2. The van der Waals surface area contributed by atoms with Crippen LogP contribution in [0.25, 0.3) is 0 Å². The Bertz CT molecular complexity index is 161. The van der Waals surface area contributed by atoms with Gasteiger partial charge in [0.1, 0.15) is 0 Å². The molecule has 0 fully saturated rings. The van der Waals surface area contributed by atoms with Crippen LogP contribution in [0.1, 0.15) is 20.3 Å². The van der Waals surface area contributed by atoms with Crippen molar-refractivity contribution >= 4 is 5.97 Å². The normalized spacial score (nSPS) is 11.4. The second-order valence-corrected chi connectivity index (χ2v) is 2.36. The highest BCUT2D eigenvalue weighted by Crippen LogP contribution is 1.97. The third-order valence-electron chi connectivity index (χ3n) is 1.42. The van der Waals surface area contributed by atoms with E-state index in [9.17, 15) is 4.79 Å². The molecule has 0 atom stereocenters. The lowest BCUT2D eigenvalue weighted by atomic mass is 10.2. The Balaban J connectivity index is 3.61. The van der Waals surface area contributed by atoms with E-state index in [0.29, 0.717) is 18.8 Å². The molecule has 0 aromatic heterocycles. The molecule has 70 valence electrons. The molecule has 0 rings (SSSR count). The van der Waals surface area contributed by atoms with Gasteiger partial charge in [0.15, 0.2) is 0 Å². The molecule has 0 heterocycles. The van der Waals surface area contributed by atoms with Gasteiger partial charge in [-0.1, -0.05) is 6.08 Å². The highest BCUT2D eigenvalue weighted by Gasteiger charge is 2.00. The van der Waals surface area contributed by atoms with Gasteiger partial charge in [0.05, 0.1) is 13.7 Å². The fraction of sp³-hybridized carbons (Fsp3) is 0.667. The van der Waals surface area contributed by atoms with Crippen LogP contribution in [0.4, 0.5) is 0 Å². The number of hydrogen-bond donors (Lipinski definition) is 0. The van der Waals surface area contributed by atoms with Crippen LogP contribution in [0.15, 0.2) is 11.6 Å². The number of methoxy groups -OCH3 is 1. The van der Waals surface area contributed by atoms with Crippen molar-refractivity contribution < 1.29 is 14.3 Å². The maximum atomic E-state index is 10.8. The Kier molecular flexibility index (Phi) is 6.38. The van der Waals surface area contributed by atoms with Gasteiger partial charge in [0, 0.05) is 12.2 Å². The molecule has 0 radical (unpaired) electrons. The molecule has 3 heteroatoms. The predicted molar refractivity (Wildman–Crippen MR) is 46.9 cm³/mol. The summed E-state index contributed by atoms with van der Waals surface area (Å²) in [6.45, 7) is 5.05. The topological polar surface area (TPSA) is 35.5 Å². The Labute approximate surface area is 73.4 Å². The standard InChI is InChI=1S/C9H16O3/c1-4-12-7-5-6-8(2)9(10)11-3/h6H,4-5,7H2,1-3H3. The first-order valence-corrected chi connectivity index (χ1v) is 4.05. The zero-order chi connectivity index (χ0) is 9.40. The van der Waals surface area contributed by atoms with Crippen molar-refractivity contribution in [2.45, 2.75) is 20.3 Å². The highest BCUT2D eigenvalue weighted by atomic mass is 16.5. The first kappa shape index (κ1) is 11.2. The number of carbonyl (C=O) groups excluding carboxylic acids is 1. The molecule has 0 spiro atoms. The van der Waals surface area contributed by atoms with Gasteiger partial charge in [-0.3, -0.25) is 0 Å². The molecule has 0 aliphatic carbocycles. The Hall–Kier alpha value is -0.830. The van der Waals surface area contributed by atoms with Crippen LogP contribution in [0.3, 0.4) is 0 Å². The first-order chi connectivity index (χ1) is 5.72. The van der Waals surface area contributed by atoms with Gasteiger partial charge < -0.3 is 9.47 Å². The molecule has 0 bridgehead atoms. The average molecular weight is 172 g/mol. The quantitative estimate of drug-likeness (QED) is 0.358. The maximum absolute atomic E-state index is 10.8. The Morgan fingerprint density at radius 2 is 2.17 bits per heavy atom. The Morgan fingerprint density at radius 1 is 1.50 bits per heavy atom. The first-order valence-electron chi connectivity index (χ1n) is 4.05. The van der Waals surface area contributed by atoms with Crippen LogP contribution >= 0.6 is 0 Å². The van der Waals surface area contributed by atoms with Crippen molar-refractivity contribution in [3.05, 3.63) is 11.6 Å². The number of carbonyl (C=O) groups is 1. The minimum Gasteiger partial charge on any atom is -0.466 e. The van der Waals surface area contributed by atoms with Crippen LogP contribution < -0.4 is 0 Å². The van der Waals surface area contributed by atoms with Crippen molar-refractivity contribution in [3.63, 3.8) is 0 Å². The molecule has 3 nitrogen and oxygen atoms in total. The monoisotopic (exact) mass is 172 g/mol. The van der Waals surface area contributed by atoms with Crippen LogP contribution in [0.5, 0.6) is 0 Å². The smallest absolute Gasteiger partial charge is 0.333 e. The number of esters is 1. The summed E-state index contributed by atoms with van der Waals surface area (Å²) >= 11 is 0. The third-order valence-corrected chi connectivity index (χ3v) is 1.42. The summed E-state index contributed by atoms with van der Waals surface area (Å²) in [5, 5.41) is 0. The number of hydrogen-bond acceptors (Lipinski definition) is 3. The molecule has 12 heavy (non-hydrogen) atoms. The molecule has 0 unspecified atom stereocenters. The van der Waals surface area contributed by atoms with Crippen molar-refractivity contribution in [1.29, 1.82) is 0 Å². The lowest BCUT2D eigenvalue weighted by Crippen LogP contribution is -2.02. The minimum absolute atomic E-state index is 0.272. The summed E-state index contributed by atoms with van der Waals surface area (Å²) in [4.78, 5) is 10.8. The van der Waals surface area contributed by atoms with E-state index in [4.69, 9.17) is 4.74 Å². The van der Waals surface area contributed by atoms with Gasteiger partial charge in [0.25, 0.3) is 0 Å². The molecule has 0 aromatic carbocycles. The summed E-state index contributed by atoms with van der Waals surface area (Å²) in [6.07, 6.45) is 2.58. The molecule has 0 saturated heterocycles. The van der Waals surface area contributed by atoms with E-state index in [1.165, 1.54) is 7.11 Å². The molecular formula is C9H16O3. The van der Waals surface area contributed by atoms with E-state index in [1.54, 1.807) is 6.92 Å². The number of rotatable bonds is 5. The average Bonchev–Trinajstić information content (AvgIpc) is 2.10. The van der Waals surface area contributed by atoms with E-state index in [1.807, 2.05) is 13.0 Å². The minimum atomic E-state index is -0.272. The van der Waals surface area contributed by atoms with Crippen LogP contribution in [0.2, 0.25) is 0 Å². The van der Waals surface area contributed by atoms with Gasteiger partial charge in [-0.05, 0) is 20.3 Å². The molecular weight excluding hydrogens is 156 g/mol. The third kappa shape index (κ3) is 4.91. The van der Waals surface area contributed by atoms with Gasteiger partial charge in [-0.15, -0.1) is 0 Å². The van der Waals surface area contributed by atoms with E-state index >= 15 is 0 Å². The van der Waals surface area contributed by atoms with Crippen LogP contribution in [-0.4, -0.2) is 26.3 Å². The summed E-state index contributed by atoms with van der Waals surface area (Å²) in [6, 6.07) is 0. The van der Waals surface area contributed by atoms with Crippen molar-refractivity contribution in [1.82, 2.24) is 0 Å². The van der Waals surface area contributed by atoms with Gasteiger partial charge in [-0.2, -0.15) is 0 Å². The molecule has 0 aromatic rings. The molecule has 0 aliphatic rings. The van der Waals surface area contributed by atoms with E-state index in [-0.39, 0.29) is 5.97 Å². The predicted octanol–water partition coefficient (Wildman–Crippen LogP) is 1.53. The second-order valence-electron chi connectivity index (χ2n) is 2.36. The van der Waals surface area contributed by atoms with E-state index < -0.39 is 0 Å². The van der Waals surface area contributed by atoms with Gasteiger partial charge in [-0.25, -0.2) is 4.79 Å². The van der Waals surface area contributed by atoms with Crippen molar-refractivity contribution in [2.24, 2.45) is 0 Å². The zero-order valence-corrected chi connectivity index (χ0v) is 7.92. The summed E-state index contributed by atoms with van der Waals surface area (Å²) in [5.41, 5.74) is 0.636. The summed E-state index contributed by atoms with van der Waals surface area (Å²) in [7, 11) is 1.38. The Morgan fingerprint density at radius 3 is 2.67 bits per heavy atom. The lowest BCUT2D eigenvalue weighted by Gasteiger charge is -1.99. The fourth-order valence-electron chi connectivity index (χ4n) is 0.747. The molecule has 0 saturated carbocycles. The summed E-state index contributed by atoms with van der Waals surface area (Å²) < 4.78 is 9.62. The van der Waals surface area contributed by atoms with E-state index in [0.717, 1.165) is 6.42 Å². The largest absolute Gasteiger partial charge is 0.466 e. The fourth-order valence-corrected chi connectivity index (χ4v) is 0.747. The van der Waals surface area contributed by atoms with Gasteiger partial charge >= 0.3 is 5.97 Å². The summed E-state index contributed by atoms with van der Waals surface area (Å²) in [5.74, 6) is -0.272. The van der Waals surface area contributed by atoms with Gasteiger partial charge in [0.2, 0.25) is 0 Å².